The number of halogens is 1. The van der Waals surface area contributed by atoms with Crippen LogP contribution in [0.4, 0.5) is 4.39 Å². The Hall–Kier alpha value is -1.82. The standard InChI is InChI=1S/C13H13FN2O2S/c1-16-10(7-8-3-5-9(14)6-4-8)11(12(17)18)15-13(16)19-2/h3-6H,7H2,1-2H3,(H,17,18). The molecule has 0 saturated heterocycles. The summed E-state index contributed by atoms with van der Waals surface area (Å²) in [5.41, 5.74) is 1.51. The van der Waals surface area contributed by atoms with Crippen LogP contribution in [0.2, 0.25) is 0 Å². The topological polar surface area (TPSA) is 55.1 Å². The fraction of sp³-hybridized carbons (Fsp3) is 0.231. The van der Waals surface area contributed by atoms with E-state index in [0.717, 1.165) is 5.56 Å². The van der Waals surface area contributed by atoms with Crippen LogP contribution in [0, 0.1) is 5.82 Å². The lowest BCUT2D eigenvalue weighted by Gasteiger charge is -2.05. The zero-order chi connectivity index (χ0) is 14.0. The summed E-state index contributed by atoms with van der Waals surface area (Å²) in [6, 6.07) is 6.02. The highest BCUT2D eigenvalue weighted by Crippen LogP contribution is 2.21. The van der Waals surface area contributed by atoms with Gasteiger partial charge in [-0.2, -0.15) is 0 Å². The van der Waals surface area contributed by atoms with E-state index in [1.807, 2.05) is 6.26 Å². The minimum atomic E-state index is -1.05. The summed E-state index contributed by atoms with van der Waals surface area (Å²) in [5.74, 6) is -1.36. The Balaban J connectivity index is 2.40. The molecular formula is C13H13FN2O2S. The quantitative estimate of drug-likeness (QED) is 0.875. The molecule has 4 nitrogen and oxygen atoms in total. The molecule has 2 rings (SSSR count). The second kappa shape index (κ2) is 5.44. The summed E-state index contributed by atoms with van der Waals surface area (Å²) >= 11 is 1.39. The molecule has 0 aliphatic heterocycles. The Morgan fingerprint density at radius 3 is 2.58 bits per heavy atom. The molecule has 100 valence electrons. The predicted octanol–water partition coefficient (Wildman–Crippen LogP) is 2.57. The summed E-state index contributed by atoms with van der Waals surface area (Å²) in [5, 5.41) is 9.82. The molecule has 1 aromatic carbocycles. The van der Waals surface area contributed by atoms with Gasteiger partial charge >= 0.3 is 5.97 Å². The first-order valence-electron chi connectivity index (χ1n) is 5.60. The minimum Gasteiger partial charge on any atom is -0.476 e. The number of benzene rings is 1. The molecule has 1 N–H and O–H groups in total. The number of aromatic carboxylic acids is 1. The molecule has 0 aliphatic rings. The number of carboxylic acids is 1. The second-order valence-electron chi connectivity index (χ2n) is 4.06. The average molecular weight is 280 g/mol. The molecule has 1 heterocycles. The number of aromatic nitrogens is 2. The van der Waals surface area contributed by atoms with Gasteiger partial charge in [0.05, 0.1) is 5.69 Å². The van der Waals surface area contributed by atoms with E-state index in [0.29, 0.717) is 17.3 Å². The summed E-state index contributed by atoms with van der Waals surface area (Å²) in [6.07, 6.45) is 2.25. The molecule has 1 aromatic heterocycles. The van der Waals surface area contributed by atoms with Gasteiger partial charge in [-0.25, -0.2) is 14.2 Å². The van der Waals surface area contributed by atoms with Gasteiger partial charge in [-0.05, 0) is 24.0 Å². The highest BCUT2D eigenvalue weighted by molar-refractivity contribution is 7.98. The fourth-order valence-electron chi connectivity index (χ4n) is 1.86. The minimum absolute atomic E-state index is 0.0520. The first-order valence-corrected chi connectivity index (χ1v) is 6.82. The normalized spacial score (nSPS) is 10.7. The van der Waals surface area contributed by atoms with Crippen molar-refractivity contribution in [2.24, 2.45) is 7.05 Å². The number of nitrogens with zero attached hydrogens (tertiary/aromatic N) is 2. The van der Waals surface area contributed by atoms with Crippen molar-refractivity contribution in [3.63, 3.8) is 0 Å². The van der Waals surface area contributed by atoms with Crippen molar-refractivity contribution < 1.29 is 14.3 Å². The maximum Gasteiger partial charge on any atom is 0.356 e. The lowest BCUT2D eigenvalue weighted by Crippen LogP contribution is -2.06. The van der Waals surface area contributed by atoms with Gasteiger partial charge in [0.2, 0.25) is 0 Å². The van der Waals surface area contributed by atoms with Crippen molar-refractivity contribution in [1.82, 2.24) is 9.55 Å². The molecule has 0 radical (unpaired) electrons. The molecule has 0 amide bonds. The molecule has 0 atom stereocenters. The highest BCUT2D eigenvalue weighted by atomic mass is 32.2. The number of rotatable bonds is 4. The van der Waals surface area contributed by atoms with E-state index in [-0.39, 0.29) is 11.5 Å². The first kappa shape index (κ1) is 13.6. The van der Waals surface area contributed by atoms with E-state index < -0.39 is 5.97 Å². The van der Waals surface area contributed by atoms with Crippen LogP contribution in [-0.4, -0.2) is 26.9 Å². The van der Waals surface area contributed by atoms with E-state index in [2.05, 4.69) is 4.98 Å². The highest BCUT2D eigenvalue weighted by Gasteiger charge is 2.19. The zero-order valence-corrected chi connectivity index (χ0v) is 11.4. The van der Waals surface area contributed by atoms with Gasteiger partial charge in [0.15, 0.2) is 10.9 Å². The molecule has 0 bridgehead atoms. The number of hydrogen-bond donors (Lipinski definition) is 1. The molecule has 0 fully saturated rings. The molecule has 19 heavy (non-hydrogen) atoms. The van der Waals surface area contributed by atoms with E-state index in [1.54, 1.807) is 23.7 Å². The van der Waals surface area contributed by atoms with Crippen LogP contribution in [-0.2, 0) is 13.5 Å². The molecule has 0 aliphatic carbocycles. The van der Waals surface area contributed by atoms with Gasteiger partial charge < -0.3 is 9.67 Å². The molecule has 0 spiro atoms. The third-order valence-electron chi connectivity index (χ3n) is 2.84. The number of imidazole rings is 1. The summed E-state index contributed by atoms with van der Waals surface area (Å²) in [4.78, 5) is 15.3. The fourth-order valence-corrected chi connectivity index (χ4v) is 2.43. The molecule has 2 aromatic rings. The van der Waals surface area contributed by atoms with Crippen molar-refractivity contribution in [1.29, 1.82) is 0 Å². The summed E-state index contributed by atoms with van der Waals surface area (Å²) in [6.45, 7) is 0. The van der Waals surface area contributed by atoms with E-state index in [9.17, 15) is 14.3 Å². The molecule has 0 saturated carbocycles. The smallest absolute Gasteiger partial charge is 0.356 e. The van der Waals surface area contributed by atoms with Crippen molar-refractivity contribution in [3.8, 4) is 0 Å². The lowest BCUT2D eigenvalue weighted by molar-refractivity contribution is 0.0689. The number of thioether (sulfide) groups is 1. The largest absolute Gasteiger partial charge is 0.476 e. The average Bonchev–Trinajstić information content (AvgIpc) is 2.70. The predicted molar refractivity (Wildman–Crippen MR) is 71.2 cm³/mol. The summed E-state index contributed by atoms with van der Waals surface area (Å²) < 4.78 is 14.6. The van der Waals surface area contributed by atoms with Gasteiger partial charge in [0.25, 0.3) is 0 Å². The molecule has 0 unspecified atom stereocenters. The van der Waals surface area contributed by atoms with E-state index in [1.165, 1.54) is 23.9 Å². The van der Waals surface area contributed by atoms with Gasteiger partial charge in [0, 0.05) is 13.5 Å². The van der Waals surface area contributed by atoms with Crippen LogP contribution in [0.25, 0.3) is 0 Å². The van der Waals surface area contributed by atoms with Gasteiger partial charge in [-0.3, -0.25) is 0 Å². The van der Waals surface area contributed by atoms with Gasteiger partial charge in [0.1, 0.15) is 5.82 Å². The Kier molecular flexibility index (Phi) is 3.90. The third-order valence-corrected chi connectivity index (χ3v) is 3.57. The van der Waals surface area contributed by atoms with Gasteiger partial charge in [-0.1, -0.05) is 23.9 Å². The molecule has 6 heteroatoms. The Labute approximate surface area is 114 Å². The van der Waals surface area contributed by atoms with Crippen LogP contribution >= 0.6 is 11.8 Å². The van der Waals surface area contributed by atoms with E-state index in [4.69, 9.17) is 0 Å². The number of hydrogen-bond acceptors (Lipinski definition) is 3. The van der Waals surface area contributed by atoms with Crippen LogP contribution in [0.15, 0.2) is 29.4 Å². The van der Waals surface area contributed by atoms with E-state index >= 15 is 0 Å². The maximum absolute atomic E-state index is 12.9. The van der Waals surface area contributed by atoms with Crippen molar-refractivity contribution in [2.75, 3.05) is 6.26 Å². The first-order chi connectivity index (χ1) is 9.02. The van der Waals surface area contributed by atoms with Crippen molar-refractivity contribution >= 4 is 17.7 Å². The Morgan fingerprint density at radius 1 is 1.42 bits per heavy atom. The third kappa shape index (κ3) is 2.78. The van der Waals surface area contributed by atoms with Crippen LogP contribution in [0.5, 0.6) is 0 Å². The SMILES string of the molecule is CSc1nc(C(=O)O)c(Cc2ccc(F)cc2)n1C. The van der Waals surface area contributed by atoms with Crippen LogP contribution in [0.1, 0.15) is 21.7 Å². The van der Waals surface area contributed by atoms with Gasteiger partial charge in [-0.15, -0.1) is 0 Å². The monoisotopic (exact) mass is 280 g/mol. The zero-order valence-electron chi connectivity index (χ0n) is 10.6. The Bertz CT molecular complexity index is 608. The molecular weight excluding hydrogens is 267 g/mol. The Morgan fingerprint density at radius 2 is 2.05 bits per heavy atom. The number of carbonyl (C=O) groups is 1. The number of carboxylic acid groups (broad SMARTS) is 1. The second-order valence-corrected chi connectivity index (χ2v) is 4.83. The van der Waals surface area contributed by atoms with Crippen molar-refractivity contribution in [2.45, 2.75) is 11.6 Å². The van der Waals surface area contributed by atoms with Crippen molar-refractivity contribution in [3.05, 3.63) is 47.0 Å². The summed E-state index contributed by atoms with van der Waals surface area (Å²) in [7, 11) is 1.78. The van der Waals surface area contributed by atoms with Crippen LogP contribution in [0.3, 0.4) is 0 Å². The van der Waals surface area contributed by atoms with Crippen LogP contribution < -0.4 is 0 Å². The maximum atomic E-state index is 12.9. The lowest BCUT2D eigenvalue weighted by atomic mass is 10.1.